The summed E-state index contributed by atoms with van der Waals surface area (Å²) in [6, 6.07) is 2.69. The van der Waals surface area contributed by atoms with Gasteiger partial charge in [-0.05, 0) is 45.1 Å². The molecule has 13 heavy (non-hydrogen) atoms. The van der Waals surface area contributed by atoms with E-state index < -0.39 is 0 Å². The van der Waals surface area contributed by atoms with Gasteiger partial charge >= 0.3 is 0 Å². The maximum atomic E-state index is 3.72. The first-order valence-corrected chi connectivity index (χ1v) is 5.79. The number of nitrogens with zero attached hydrogens (tertiary/aromatic N) is 1. The van der Waals surface area contributed by atoms with Gasteiger partial charge in [-0.15, -0.1) is 0 Å². The van der Waals surface area contributed by atoms with Crippen LogP contribution >= 0.6 is 0 Å². The van der Waals surface area contributed by atoms with Gasteiger partial charge in [0.2, 0.25) is 0 Å². The highest BCUT2D eigenvalue weighted by molar-refractivity contribution is 4.99. The van der Waals surface area contributed by atoms with Crippen LogP contribution < -0.4 is 5.32 Å². The zero-order valence-corrected chi connectivity index (χ0v) is 8.50. The lowest BCUT2D eigenvalue weighted by atomic mass is 9.89. The van der Waals surface area contributed by atoms with E-state index in [4.69, 9.17) is 0 Å². The van der Waals surface area contributed by atoms with Crippen molar-refractivity contribution in [2.24, 2.45) is 5.92 Å². The Morgan fingerprint density at radius 1 is 1.23 bits per heavy atom. The second-order valence-electron chi connectivity index (χ2n) is 5.21. The Kier molecular flexibility index (Phi) is 1.88. The molecular weight excluding hydrogens is 160 g/mol. The third kappa shape index (κ3) is 1.50. The van der Waals surface area contributed by atoms with Crippen molar-refractivity contribution in [3.05, 3.63) is 0 Å². The van der Waals surface area contributed by atoms with Crippen molar-refractivity contribution in [3.63, 3.8) is 0 Å². The van der Waals surface area contributed by atoms with Gasteiger partial charge in [0.25, 0.3) is 0 Å². The predicted molar refractivity (Wildman–Crippen MR) is 53.7 cm³/mol. The average Bonchev–Trinajstić information content (AvgIpc) is 2.79. The molecule has 3 aliphatic rings. The second-order valence-corrected chi connectivity index (χ2v) is 5.21. The van der Waals surface area contributed by atoms with Crippen LogP contribution in [0.5, 0.6) is 0 Å². The van der Waals surface area contributed by atoms with Crippen LogP contribution in [0.15, 0.2) is 0 Å². The van der Waals surface area contributed by atoms with Crippen molar-refractivity contribution < 1.29 is 0 Å². The SMILES string of the molecule is CN(CC1CC2CCC1N2)C1CC1. The van der Waals surface area contributed by atoms with Crippen molar-refractivity contribution >= 4 is 0 Å². The third-order valence-electron chi connectivity index (χ3n) is 4.12. The summed E-state index contributed by atoms with van der Waals surface area (Å²) < 4.78 is 0. The molecule has 3 fully saturated rings. The number of hydrogen-bond acceptors (Lipinski definition) is 2. The van der Waals surface area contributed by atoms with Crippen molar-refractivity contribution in [3.8, 4) is 0 Å². The summed E-state index contributed by atoms with van der Waals surface area (Å²) in [4.78, 5) is 2.59. The minimum Gasteiger partial charge on any atom is -0.311 e. The average molecular weight is 180 g/mol. The van der Waals surface area contributed by atoms with Crippen molar-refractivity contribution in [2.75, 3.05) is 13.6 Å². The molecule has 0 radical (unpaired) electrons. The fourth-order valence-corrected chi connectivity index (χ4v) is 3.17. The van der Waals surface area contributed by atoms with Crippen LogP contribution in [0.2, 0.25) is 0 Å². The molecule has 0 aromatic rings. The van der Waals surface area contributed by atoms with E-state index in [1.54, 1.807) is 0 Å². The van der Waals surface area contributed by atoms with Crippen molar-refractivity contribution in [2.45, 2.75) is 50.2 Å². The Morgan fingerprint density at radius 2 is 2.08 bits per heavy atom. The molecule has 2 heterocycles. The molecule has 2 saturated heterocycles. The lowest BCUT2D eigenvalue weighted by Gasteiger charge is -2.25. The van der Waals surface area contributed by atoms with E-state index in [0.29, 0.717) is 0 Å². The van der Waals surface area contributed by atoms with E-state index in [0.717, 1.165) is 24.0 Å². The summed E-state index contributed by atoms with van der Waals surface area (Å²) in [6.45, 7) is 1.35. The number of hydrogen-bond donors (Lipinski definition) is 1. The minimum atomic E-state index is 0.867. The van der Waals surface area contributed by atoms with Gasteiger partial charge in [-0.2, -0.15) is 0 Å². The molecule has 0 spiro atoms. The topological polar surface area (TPSA) is 15.3 Å². The van der Waals surface area contributed by atoms with E-state index in [1.165, 1.54) is 38.6 Å². The quantitative estimate of drug-likeness (QED) is 0.702. The Labute approximate surface area is 80.7 Å². The highest BCUT2D eigenvalue weighted by Gasteiger charge is 2.40. The largest absolute Gasteiger partial charge is 0.311 e. The van der Waals surface area contributed by atoms with Crippen molar-refractivity contribution in [1.82, 2.24) is 10.2 Å². The molecule has 3 atom stereocenters. The standard InChI is InChI=1S/C11H20N2/c1-13(10-3-4-10)7-8-6-9-2-5-11(8)12-9/h8-12H,2-7H2,1H3. The molecule has 74 valence electrons. The fraction of sp³-hybridized carbons (Fsp3) is 1.00. The summed E-state index contributed by atoms with van der Waals surface area (Å²) in [5.41, 5.74) is 0. The molecule has 3 unspecified atom stereocenters. The van der Waals surface area contributed by atoms with E-state index in [9.17, 15) is 0 Å². The van der Waals surface area contributed by atoms with Gasteiger partial charge in [-0.1, -0.05) is 0 Å². The number of nitrogens with one attached hydrogen (secondary N) is 1. The minimum absolute atomic E-state index is 0.867. The molecule has 0 aromatic carbocycles. The number of fused-ring (bicyclic) bond motifs is 2. The fourth-order valence-electron chi connectivity index (χ4n) is 3.17. The Hall–Kier alpha value is -0.0800. The first kappa shape index (κ1) is 8.25. The monoisotopic (exact) mass is 180 g/mol. The van der Waals surface area contributed by atoms with E-state index in [-0.39, 0.29) is 0 Å². The first-order chi connectivity index (χ1) is 6.33. The molecule has 3 rings (SSSR count). The van der Waals surface area contributed by atoms with E-state index in [2.05, 4.69) is 17.3 Å². The molecule has 2 heteroatoms. The van der Waals surface area contributed by atoms with Crippen LogP contribution in [0.1, 0.15) is 32.1 Å². The molecule has 1 N–H and O–H groups in total. The van der Waals surface area contributed by atoms with Crippen LogP contribution in [0.4, 0.5) is 0 Å². The van der Waals surface area contributed by atoms with Gasteiger partial charge in [0, 0.05) is 24.7 Å². The van der Waals surface area contributed by atoms with Crippen LogP contribution in [0.25, 0.3) is 0 Å². The van der Waals surface area contributed by atoms with Gasteiger partial charge in [-0.3, -0.25) is 0 Å². The van der Waals surface area contributed by atoms with Crippen LogP contribution in [-0.4, -0.2) is 36.6 Å². The van der Waals surface area contributed by atoms with Gasteiger partial charge in [0.1, 0.15) is 0 Å². The van der Waals surface area contributed by atoms with E-state index >= 15 is 0 Å². The summed E-state index contributed by atoms with van der Waals surface area (Å²) in [5.74, 6) is 0.962. The lowest BCUT2D eigenvalue weighted by molar-refractivity contribution is 0.241. The van der Waals surface area contributed by atoms with Crippen LogP contribution in [-0.2, 0) is 0 Å². The highest BCUT2D eigenvalue weighted by Crippen LogP contribution is 2.35. The van der Waals surface area contributed by atoms with Crippen molar-refractivity contribution in [1.29, 1.82) is 0 Å². The second kappa shape index (κ2) is 2.96. The highest BCUT2D eigenvalue weighted by atomic mass is 15.2. The van der Waals surface area contributed by atoms with Gasteiger partial charge in [0.15, 0.2) is 0 Å². The molecule has 1 saturated carbocycles. The molecule has 1 aliphatic carbocycles. The first-order valence-electron chi connectivity index (χ1n) is 5.79. The molecule has 0 aromatic heterocycles. The molecule has 2 aliphatic heterocycles. The predicted octanol–water partition coefficient (Wildman–Crippen LogP) is 1.22. The summed E-state index contributed by atoms with van der Waals surface area (Å²) >= 11 is 0. The van der Waals surface area contributed by atoms with Crippen LogP contribution in [0.3, 0.4) is 0 Å². The van der Waals surface area contributed by atoms with Gasteiger partial charge in [-0.25, -0.2) is 0 Å². The van der Waals surface area contributed by atoms with Gasteiger partial charge < -0.3 is 10.2 Å². The zero-order chi connectivity index (χ0) is 8.84. The Bertz CT molecular complexity index is 200. The Balaban J connectivity index is 1.55. The molecule has 2 nitrogen and oxygen atoms in total. The molecule has 2 bridgehead atoms. The summed E-state index contributed by atoms with van der Waals surface area (Å²) in [7, 11) is 2.31. The van der Waals surface area contributed by atoms with E-state index in [1.807, 2.05) is 0 Å². The lowest BCUT2D eigenvalue weighted by Crippen LogP contribution is -2.34. The maximum Gasteiger partial charge on any atom is 0.0111 e. The number of rotatable bonds is 3. The smallest absolute Gasteiger partial charge is 0.0111 e. The third-order valence-corrected chi connectivity index (χ3v) is 4.12. The van der Waals surface area contributed by atoms with Gasteiger partial charge in [0.05, 0.1) is 0 Å². The summed E-state index contributed by atoms with van der Waals surface area (Å²) in [6.07, 6.45) is 7.22. The maximum absolute atomic E-state index is 3.72. The molecule has 0 amide bonds. The summed E-state index contributed by atoms with van der Waals surface area (Å²) in [5, 5.41) is 3.72. The zero-order valence-electron chi connectivity index (χ0n) is 8.50. The van der Waals surface area contributed by atoms with Crippen LogP contribution in [0, 0.1) is 5.92 Å². The normalized spacial score (nSPS) is 43.4. The molecular formula is C11H20N2. The Morgan fingerprint density at radius 3 is 2.62 bits per heavy atom.